The molecule has 0 aliphatic rings. The molecule has 21 heavy (non-hydrogen) atoms. The van der Waals surface area contributed by atoms with E-state index in [0.29, 0.717) is 6.42 Å². The van der Waals surface area contributed by atoms with E-state index in [1.807, 2.05) is 68.6 Å². The minimum absolute atomic E-state index is 0.0666. The van der Waals surface area contributed by atoms with E-state index in [2.05, 4.69) is 0 Å². The molecule has 0 heterocycles. The number of carbonyl (C=O) groups is 1. The van der Waals surface area contributed by atoms with Gasteiger partial charge in [0.1, 0.15) is 5.75 Å². The maximum atomic E-state index is 12.4. The molecule has 0 radical (unpaired) electrons. The van der Waals surface area contributed by atoms with Crippen LogP contribution >= 0.6 is 0 Å². The Balaban J connectivity index is 2.01. The molecule has 2 aromatic rings. The van der Waals surface area contributed by atoms with Gasteiger partial charge >= 0.3 is 0 Å². The Morgan fingerprint density at radius 1 is 1.10 bits per heavy atom. The summed E-state index contributed by atoms with van der Waals surface area (Å²) in [5.41, 5.74) is 2.14. The fourth-order valence-corrected chi connectivity index (χ4v) is 2.21. The number of hydrogen-bond donors (Lipinski definition) is 0. The van der Waals surface area contributed by atoms with Gasteiger partial charge in [-0.05, 0) is 30.2 Å². The number of likely N-dealkylation sites (N-methyl/N-ethyl adjacent to an activating group) is 1. The Morgan fingerprint density at radius 2 is 1.71 bits per heavy atom. The van der Waals surface area contributed by atoms with Gasteiger partial charge in [0.2, 0.25) is 5.91 Å². The Labute approximate surface area is 126 Å². The fraction of sp³-hybridized carbons (Fsp3) is 0.278. The summed E-state index contributed by atoms with van der Waals surface area (Å²) in [5, 5.41) is 0. The van der Waals surface area contributed by atoms with Crippen LogP contribution < -0.4 is 4.74 Å². The highest BCUT2D eigenvalue weighted by Crippen LogP contribution is 2.19. The largest absolute Gasteiger partial charge is 0.497 e. The zero-order chi connectivity index (χ0) is 15.2. The molecule has 110 valence electrons. The summed E-state index contributed by atoms with van der Waals surface area (Å²) in [4.78, 5) is 14.2. The summed E-state index contributed by atoms with van der Waals surface area (Å²) in [7, 11) is 3.49. The molecular weight excluding hydrogens is 262 g/mol. The molecule has 0 spiro atoms. The molecule has 2 rings (SSSR count). The van der Waals surface area contributed by atoms with Crippen LogP contribution in [0.25, 0.3) is 0 Å². The van der Waals surface area contributed by atoms with E-state index in [1.54, 1.807) is 12.0 Å². The minimum atomic E-state index is 0.0666. The first-order chi connectivity index (χ1) is 10.1. The number of amides is 1. The quantitative estimate of drug-likeness (QED) is 0.841. The first-order valence-corrected chi connectivity index (χ1v) is 7.05. The Hall–Kier alpha value is -2.29. The van der Waals surface area contributed by atoms with Crippen molar-refractivity contribution in [1.82, 2.24) is 4.90 Å². The number of rotatable bonds is 5. The number of benzene rings is 2. The van der Waals surface area contributed by atoms with E-state index in [4.69, 9.17) is 4.74 Å². The summed E-state index contributed by atoms with van der Waals surface area (Å²) in [5.74, 6) is 0.911. The highest BCUT2D eigenvalue weighted by molar-refractivity contribution is 5.79. The lowest BCUT2D eigenvalue weighted by molar-refractivity contribution is -0.131. The van der Waals surface area contributed by atoms with Crippen LogP contribution in [0.5, 0.6) is 5.75 Å². The van der Waals surface area contributed by atoms with Gasteiger partial charge in [-0.3, -0.25) is 4.79 Å². The van der Waals surface area contributed by atoms with Crippen molar-refractivity contribution in [1.29, 1.82) is 0 Å². The van der Waals surface area contributed by atoms with Gasteiger partial charge < -0.3 is 9.64 Å². The zero-order valence-corrected chi connectivity index (χ0v) is 12.7. The van der Waals surface area contributed by atoms with Crippen molar-refractivity contribution < 1.29 is 9.53 Å². The molecule has 0 aliphatic heterocycles. The molecule has 1 amide bonds. The lowest BCUT2D eigenvalue weighted by Gasteiger charge is -2.25. The first-order valence-electron chi connectivity index (χ1n) is 7.05. The van der Waals surface area contributed by atoms with E-state index in [-0.39, 0.29) is 11.9 Å². The van der Waals surface area contributed by atoms with Gasteiger partial charge in [-0.15, -0.1) is 0 Å². The molecule has 0 aromatic heterocycles. The second-order valence-corrected chi connectivity index (χ2v) is 5.12. The summed E-state index contributed by atoms with van der Waals surface area (Å²) in [6, 6.07) is 17.7. The van der Waals surface area contributed by atoms with E-state index in [9.17, 15) is 4.79 Å². The van der Waals surface area contributed by atoms with E-state index in [0.717, 1.165) is 16.9 Å². The van der Waals surface area contributed by atoms with Gasteiger partial charge in [0, 0.05) is 7.05 Å². The first kappa shape index (κ1) is 15.1. The smallest absolute Gasteiger partial charge is 0.227 e. The van der Waals surface area contributed by atoms with Gasteiger partial charge in [-0.2, -0.15) is 0 Å². The van der Waals surface area contributed by atoms with E-state index in [1.165, 1.54) is 0 Å². The molecule has 1 unspecified atom stereocenters. The van der Waals surface area contributed by atoms with Gasteiger partial charge in [-0.25, -0.2) is 0 Å². The Bertz CT molecular complexity index is 578. The van der Waals surface area contributed by atoms with Crippen LogP contribution in [0.1, 0.15) is 24.1 Å². The van der Waals surface area contributed by atoms with Crippen LogP contribution in [0.3, 0.4) is 0 Å². The lowest BCUT2D eigenvalue weighted by Crippen LogP contribution is -2.30. The van der Waals surface area contributed by atoms with Gasteiger partial charge in [-0.1, -0.05) is 42.5 Å². The third-order valence-corrected chi connectivity index (χ3v) is 3.77. The van der Waals surface area contributed by atoms with Crippen molar-refractivity contribution >= 4 is 5.91 Å². The van der Waals surface area contributed by atoms with Gasteiger partial charge in [0.05, 0.1) is 19.6 Å². The maximum absolute atomic E-state index is 12.4. The third-order valence-electron chi connectivity index (χ3n) is 3.77. The molecule has 3 heteroatoms. The van der Waals surface area contributed by atoms with Crippen LogP contribution in [-0.4, -0.2) is 25.0 Å². The summed E-state index contributed by atoms with van der Waals surface area (Å²) in [6.07, 6.45) is 0.400. The van der Waals surface area contributed by atoms with Crippen LogP contribution in [-0.2, 0) is 11.2 Å². The van der Waals surface area contributed by atoms with Crippen molar-refractivity contribution in [2.24, 2.45) is 0 Å². The molecule has 3 nitrogen and oxygen atoms in total. The molecule has 0 saturated carbocycles. The molecule has 0 fully saturated rings. The SMILES string of the molecule is COc1ccc(CC(=O)N(C)C(C)c2ccccc2)cc1. The van der Waals surface area contributed by atoms with Gasteiger partial charge in [0.25, 0.3) is 0 Å². The number of hydrogen-bond acceptors (Lipinski definition) is 2. The topological polar surface area (TPSA) is 29.5 Å². The second kappa shape index (κ2) is 6.93. The molecular formula is C18H21NO2. The van der Waals surface area contributed by atoms with Crippen molar-refractivity contribution in [3.63, 3.8) is 0 Å². The number of methoxy groups -OCH3 is 1. The highest BCUT2D eigenvalue weighted by atomic mass is 16.5. The minimum Gasteiger partial charge on any atom is -0.497 e. The van der Waals surface area contributed by atoms with Crippen molar-refractivity contribution in [2.45, 2.75) is 19.4 Å². The van der Waals surface area contributed by atoms with Crippen molar-refractivity contribution in [3.8, 4) is 5.75 Å². The molecule has 0 bridgehead atoms. The zero-order valence-electron chi connectivity index (χ0n) is 12.7. The Morgan fingerprint density at radius 3 is 2.29 bits per heavy atom. The summed E-state index contributed by atoms with van der Waals surface area (Å²) in [6.45, 7) is 2.04. The van der Waals surface area contributed by atoms with Crippen molar-refractivity contribution in [2.75, 3.05) is 14.2 Å². The second-order valence-electron chi connectivity index (χ2n) is 5.12. The average molecular weight is 283 g/mol. The average Bonchev–Trinajstić information content (AvgIpc) is 2.55. The summed E-state index contributed by atoms with van der Waals surface area (Å²) >= 11 is 0. The number of ether oxygens (including phenoxy) is 1. The van der Waals surface area contributed by atoms with Gasteiger partial charge in [0.15, 0.2) is 0 Å². The molecule has 1 atom stereocenters. The normalized spacial score (nSPS) is 11.8. The van der Waals surface area contributed by atoms with Crippen LogP contribution in [0, 0.1) is 0 Å². The fourth-order valence-electron chi connectivity index (χ4n) is 2.21. The number of nitrogens with zero attached hydrogens (tertiary/aromatic N) is 1. The molecule has 2 aromatic carbocycles. The standard InChI is InChI=1S/C18H21NO2/c1-14(16-7-5-4-6-8-16)19(2)18(20)13-15-9-11-17(21-3)12-10-15/h4-12,14H,13H2,1-3H3. The highest BCUT2D eigenvalue weighted by Gasteiger charge is 2.17. The van der Waals surface area contributed by atoms with Crippen LogP contribution in [0.2, 0.25) is 0 Å². The molecule has 0 saturated heterocycles. The maximum Gasteiger partial charge on any atom is 0.227 e. The molecule has 0 aliphatic carbocycles. The molecule has 0 N–H and O–H groups in total. The predicted octanol–water partition coefficient (Wildman–Crippen LogP) is 3.46. The van der Waals surface area contributed by atoms with Crippen LogP contribution in [0.4, 0.5) is 0 Å². The third kappa shape index (κ3) is 3.85. The summed E-state index contributed by atoms with van der Waals surface area (Å²) < 4.78 is 5.12. The lowest BCUT2D eigenvalue weighted by atomic mass is 10.1. The number of carbonyl (C=O) groups excluding carboxylic acids is 1. The monoisotopic (exact) mass is 283 g/mol. The predicted molar refractivity (Wildman–Crippen MR) is 84.3 cm³/mol. The van der Waals surface area contributed by atoms with Crippen LogP contribution in [0.15, 0.2) is 54.6 Å². The van der Waals surface area contributed by atoms with Crippen molar-refractivity contribution in [3.05, 3.63) is 65.7 Å². The van der Waals surface area contributed by atoms with E-state index < -0.39 is 0 Å². The van der Waals surface area contributed by atoms with E-state index >= 15 is 0 Å². The Kier molecular flexibility index (Phi) is 4.99.